The number of benzene rings is 1. The van der Waals surface area contributed by atoms with Gasteiger partial charge in [0.15, 0.2) is 0 Å². The molecule has 0 unspecified atom stereocenters. The topological polar surface area (TPSA) is 43.7 Å². The van der Waals surface area contributed by atoms with Crippen molar-refractivity contribution in [3.8, 4) is 0 Å². The molecule has 20 heavy (non-hydrogen) atoms. The number of hydrogen-bond acceptors (Lipinski definition) is 3. The van der Waals surface area contributed by atoms with Crippen molar-refractivity contribution in [3.63, 3.8) is 0 Å². The van der Waals surface area contributed by atoms with Gasteiger partial charge in [-0.1, -0.05) is 45.7 Å². The van der Waals surface area contributed by atoms with E-state index in [1.807, 2.05) is 0 Å². The second-order valence-corrected chi connectivity index (χ2v) is 5.23. The summed E-state index contributed by atoms with van der Waals surface area (Å²) in [6.45, 7) is 8.83. The van der Waals surface area contributed by atoms with Gasteiger partial charge >= 0.3 is 7.12 Å². The zero-order valence-electron chi connectivity index (χ0n) is 12.6. The van der Waals surface area contributed by atoms with Gasteiger partial charge in [0.25, 0.3) is 0 Å². The van der Waals surface area contributed by atoms with Crippen molar-refractivity contribution in [2.45, 2.75) is 40.2 Å². The van der Waals surface area contributed by atoms with Crippen LogP contribution in [0.25, 0.3) is 0 Å². The third-order valence-corrected chi connectivity index (χ3v) is 3.89. The maximum atomic E-state index is 14.0. The van der Waals surface area contributed by atoms with E-state index in [-0.39, 0.29) is 11.3 Å². The first-order chi connectivity index (χ1) is 9.51. The van der Waals surface area contributed by atoms with Crippen LogP contribution in [0.1, 0.15) is 39.2 Å². The van der Waals surface area contributed by atoms with Crippen LogP contribution in [-0.4, -0.2) is 35.2 Å². The lowest BCUT2D eigenvalue weighted by atomic mass is 9.80. The van der Waals surface area contributed by atoms with Crippen LogP contribution in [-0.2, 0) is 6.54 Å². The van der Waals surface area contributed by atoms with Gasteiger partial charge < -0.3 is 10.0 Å². The summed E-state index contributed by atoms with van der Waals surface area (Å²) < 4.78 is 14.0. The first kappa shape index (κ1) is 17.1. The van der Waals surface area contributed by atoms with Crippen LogP contribution in [0, 0.1) is 11.7 Å². The van der Waals surface area contributed by atoms with Crippen LogP contribution in [0.2, 0.25) is 0 Å². The molecule has 2 N–H and O–H groups in total. The van der Waals surface area contributed by atoms with Crippen molar-refractivity contribution in [2.24, 2.45) is 5.92 Å². The molecule has 1 aromatic carbocycles. The maximum absolute atomic E-state index is 14.0. The van der Waals surface area contributed by atoms with Crippen LogP contribution in [0.5, 0.6) is 0 Å². The average Bonchev–Trinajstić information content (AvgIpc) is 2.44. The van der Waals surface area contributed by atoms with Crippen LogP contribution in [0.15, 0.2) is 18.2 Å². The summed E-state index contributed by atoms with van der Waals surface area (Å²) >= 11 is 0. The molecule has 0 aliphatic heterocycles. The monoisotopic (exact) mass is 281 g/mol. The Bertz CT molecular complexity index is 411. The van der Waals surface area contributed by atoms with E-state index in [2.05, 4.69) is 25.7 Å². The Morgan fingerprint density at radius 1 is 1.20 bits per heavy atom. The predicted molar refractivity (Wildman–Crippen MR) is 81.2 cm³/mol. The summed E-state index contributed by atoms with van der Waals surface area (Å²) in [5, 5.41) is 18.1. The molecule has 0 saturated heterocycles. The minimum Gasteiger partial charge on any atom is -0.423 e. The van der Waals surface area contributed by atoms with Gasteiger partial charge in [0.2, 0.25) is 0 Å². The molecule has 0 aliphatic carbocycles. The molecule has 5 heteroatoms. The van der Waals surface area contributed by atoms with Crippen LogP contribution in [0.3, 0.4) is 0 Å². The highest BCUT2D eigenvalue weighted by atomic mass is 19.1. The van der Waals surface area contributed by atoms with Gasteiger partial charge in [0.1, 0.15) is 5.82 Å². The molecule has 0 aliphatic rings. The van der Waals surface area contributed by atoms with Crippen LogP contribution in [0.4, 0.5) is 4.39 Å². The van der Waals surface area contributed by atoms with Crippen molar-refractivity contribution in [1.82, 2.24) is 4.90 Å². The molecule has 0 heterocycles. The second-order valence-electron chi connectivity index (χ2n) is 5.23. The van der Waals surface area contributed by atoms with E-state index in [1.165, 1.54) is 6.07 Å². The number of halogens is 1. The van der Waals surface area contributed by atoms with Gasteiger partial charge in [-0.15, -0.1) is 0 Å². The van der Waals surface area contributed by atoms with E-state index in [1.54, 1.807) is 12.1 Å². The molecule has 3 nitrogen and oxygen atoms in total. The summed E-state index contributed by atoms with van der Waals surface area (Å²) in [6, 6.07) is 4.40. The first-order valence-electron chi connectivity index (χ1n) is 7.38. The summed E-state index contributed by atoms with van der Waals surface area (Å²) in [4.78, 5) is 2.23. The molecule has 0 radical (unpaired) electrons. The van der Waals surface area contributed by atoms with Gasteiger partial charge in [-0.2, -0.15) is 0 Å². The zero-order chi connectivity index (χ0) is 15.1. The Balaban J connectivity index is 2.74. The number of nitrogens with zero attached hydrogens (tertiary/aromatic N) is 1. The van der Waals surface area contributed by atoms with E-state index < -0.39 is 7.12 Å². The summed E-state index contributed by atoms with van der Waals surface area (Å²) in [5.74, 6) is 0.259. The van der Waals surface area contributed by atoms with Gasteiger partial charge in [0.05, 0.1) is 0 Å². The Morgan fingerprint density at radius 3 is 2.30 bits per heavy atom. The summed E-state index contributed by atoms with van der Waals surface area (Å²) in [6.07, 6.45) is 2.26. The molecule has 112 valence electrons. The first-order valence-corrected chi connectivity index (χ1v) is 7.38. The SMILES string of the molecule is CCC(CC)CN(CC)Cc1ccc(B(O)O)cc1F. The van der Waals surface area contributed by atoms with E-state index in [0.717, 1.165) is 25.9 Å². The molecule has 0 bridgehead atoms. The lowest BCUT2D eigenvalue weighted by molar-refractivity contribution is 0.224. The van der Waals surface area contributed by atoms with Crippen LogP contribution < -0.4 is 5.46 Å². The van der Waals surface area contributed by atoms with Gasteiger partial charge in [-0.25, -0.2) is 4.39 Å². The zero-order valence-corrected chi connectivity index (χ0v) is 12.6. The molecular formula is C15H25BFNO2. The van der Waals surface area contributed by atoms with Crippen molar-refractivity contribution >= 4 is 12.6 Å². The average molecular weight is 281 g/mol. The highest BCUT2D eigenvalue weighted by Gasteiger charge is 2.16. The Labute approximate surface area is 121 Å². The normalized spacial score (nSPS) is 11.4. The minimum atomic E-state index is -1.62. The lowest BCUT2D eigenvalue weighted by Crippen LogP contribution is -2.32. The van der Waals surface area contributed by atoms with Crippen LogP contribution >= 0.6 is 0 Å². The molecule has 1 rings (SSSR count). The van der Waals surface area contributed by atoms with E-state index in [9.17, 15) is 4.39 Å². The Hall–Kier alpha value is -0.905. The third-order valence-electron chi connectivity index (χ3n) is 3.89. The van der Waals surface area contributed by atoms with Gasteiger partial charge in [0, 0.05) is 18.7 Å². The molecule has 0 saturated carbocycles. The number of hydrogen-bond donors (Lipinski definition) is 2. The molecule has 0 atom stereocenters. The molecule has 0 fully saturated rings. The Kier molecular flexibility index (Phi) is 7.20. The molecule has 0 spiro atoms. The molecule has 1 aromatic rings. The Morgan fingerprint density at radius 2 is 1.85 bits per heavy atom. The van der Waals surface area contributed by atoms with Crippen molar-refractivity contribution in [3.05, 3.63) is 29.6 Å². The lowest BCUT2D eigenvalue weighted by Gasteiger charge is -2.25. The largest absolute Gasteiger partial charge is 0.488 e. The quantitative estimate of drug-likeness (QED) is 0.714. The highest BCUT2D eigenvalue weighted by Crippen LogP contribution is 2.14. The fourth-order valence-corrected chi connectivity index (χ4v) is 2.31. The fraction of sp³-hybridized carbons (Fsp3) is 0.600. The van der Waals surface area contributed by atoms with E-state index >= 15 is 0 Å². The van der Waals surface area contributed by atoms with Crippen molar-refractivity contribution in [1.29, 1.82) is 0 Å². The molecular weight excluding hydrogens is 256 g/mol. The number of rotatable bonds is 8. The second kappa shape index (κ2) is 8.40. The standard InChI is InChI=1S/C15H25BFNO2/c1-4-12(5-2)10-18(6-3)11-13-7-8-14(16(19)20)9-15(13)17/h7-9,12,19-20H,4-6,10-11H2,1-3H3. The summed E-state index contributed by atoms with van der Waals surface area (Å²) in [5.41, 5.74) is 0.788. The molecule has 0 amide bonds. The summed E-state index contributed by atoms with van der Waals surface area (Å²) in [7, 11) is -1.62. The smallest absolute Gasteiger partial charge is 0.423 e. The van der Waals surface area contributed by atoms with Gasteiger partial charge in [-0.3, -0.25) is 4.90 Å². The highest BCUT2D eigenvalue weighted by molar-refractivity contribution is 6.58. The van der Waals surface area contributed by atoms with E-state index in [0.29, 0.717) is 18.0 Å². The fourth-order valence-electron chi connectivity index (χ4n) is 2.31. The van der Waals surface area contributed by atoms with Crippen molar-refractivity contribution < 1.29 is 14.4 Å². The van der Waals surface area contributed by atoms with Gasteiger partial charge in [-0.05, 0) is 24.0 Å². The predicted octanol–water partition coefficient (Wildman–Crippen LogP) is 1.76. The minimum absolute atomic E-state index is 0.189. The van der Waals surface area contributed by atoms with Crippen molar-refractivity contribution in [2.75, 3.05) is 13.1 Å². The molecule has 0 aromatic heterocycles. The van der Waals surface area contributed by atoms with E-state index in [4.69, 9.17) is 10.0 Å². The third kappa shape index (κ3) is 4.89. The maximum Gasteiger partial charge on any atom is 0.488 e.